The molecule has 0 bridgehead atoms. The van der Waals surface area contributed by atoms with Crippen LogP contribution in [0.4, 0.5) is 0 Å². The van der Waals surface area contributed by atoms with Crippen LogP contribution in [0.5, 0.6) is 0 Å². The smallest absolute Gasteiger partial charge is 0.0616 e. The summed E-state index contributed by atoms with van der Waals surface area (Å²) in [5, 5.41) is 6.05. The third kappa shape index (κ3) is 1.41. The van der Waals surface area contributed by atoms with E-state index in [4.69, 9.17) is 0 Å². The van der Waals surface area contributed by atoms with Crippen LogP contribution < -0.4 is 10.4 Å². The molecule has 0 atom stereocenters. The lowest BCUT2D eigenvalue weighted by atomic mass is 10.0. The van der Waals surface area contributed by atoms with Gasteiger partial charge in [-0.3, -0.25) is 0 Å². The van der Waals surface area contributed by atoms with Crippen LogP contribution in [-0.2, 0) is 0 Å². The second kappa shape index (κ2) is 3.83. The van der Waals surface area contributed by atoms with E-state index in [9.17, 15) is 0 Å². The maximum absolute atomic E-state index is 2.49. The van der Waals surface area contributed by atoms with Crippen LogP contribution >= 0.6 is 0 Å². The molecule has 0 radical (unpaired) electrons. The van der Waals surface area contributed by atoms with E-state index in [-0.39, 0.29) is 0 Å². The minimum absolute atomic E-state index is 1.37. The van der Waals surface area contributed by atoms with Gasteiger partial charge in [0.25, 0.3) is 0 Å². The Morgan fingerprint density at radius 3 is 2.40 bits per heavy atom. The van der Waals surface area contributed by atoms with Crippen molar-refractivity contribution < 1.29 is 0 Å². The van der Waals surface area contributed by atoms with Crippen molar-refractivity contribution in [2.75, 3.05) is 0 Å². The van der Waals surface area contributed by atoms with Gasteiger partial charge in [0.2, 0.25) is 0 Å². The summed E-state index contributed by atoms with van der Waals surface area (Å²) >= 11 is 0. The van der Waals surface area contributed by atoms with Crippen molar-refractivity contribution in [1.29, 1.82) is 0 Å². The zero-order chi connectivity index (χ0) is 13.9. The van der Waals surface area contributed by atoms with Crippen molar-refractivity contribution in [2.24, 2.45) is 0 Å². The Hall–Kier alpha value is -1.86. The van der Waals surface area contributed by atoms with Gasteiger partial charge < -0.3 is 0 Å². The third-order valence-corrected chi connectivity index (χ3v) is 8.24. The largest absolute Gasteiger partial charge is 0.114 e. The lowest BCUT2D eigenvalue weighted by Gasteiger charge is -2.21. The minimum Gasteiger partial charge on any atom is -0.0616 e. The molecule has 0 amide bonds. The molecule has 98 valence electrons. The zero-order valence-corrected chi connectivity index (χ0v) is 13.2. The normalized spacial score (nSPS) is 15.2. The summed E-state index contributed by atoms with van der Waals surface area (Å²) in [7, 11) is -1.58. The summed E-state index contributed by atoms with van der Waals surface area (Å²) in [5.41, 5.74) is 4.31. The molecule has 1 heterocycles. The predicted octanol–water partition coefficient (Wildman–Crippen LogP) is 3.95. The first kappa shape index (κ1) is 11.9. The lowest BCUT2D eigenvalue weighted by Crippen LogP contribution is -2.49. The molecule has 0 N–H and O–H groups in total. The summed E-state index contributed by atoms with van der Waals surface area (Å²) in [6.07, 6.45) is 0. The molecule has 0 saturated heterocycles. The van der Waals surface area contributed by atoms with Crippen molar-refractivity contribution in [3.8, 4) is 11.1 Å². The van der Waals surface area contributed by atoms with Crippen molar-refractivity contribution in [1.82, 2.24) is 0 Å². The number of aryl methyl sites for hydroxylation is 1. The molecule has 20 heavy (non-hydrogen) atoms. The molecule has 0 aromatic heterocycles. The van der Waals surface area contributed by atoms with E-state index in [0.717, 1.165) is 0 Å². The highest BCUT2D eigenvalue weighted by molar-refractivity contribution is 7.05. The first-order valence-corrected chi connectivity index (χ1v) is 10.2. The van der Waals surface area contributed by atoms with Crippen molar-refractivity contribution >= 4 is 29.2 Å². The molecule has 0 spiro atoms. The van der Waals surface area contributed by atoms with E-state index in [1.165, 1.54) is 27.5 Å². The maximum atomic E-state index is 2.49. The van der Waals surface area contributed by atoms with Gasteiger partial charge in [-0.2, -0.15) is 0 Å². The number of hydrogen-bond acceptors (Lipinski definition) is 0. The summed E-state index contributed by atoms with van der Waals surface area (Å²) in [4.78, 5) is 0. The highest BCUT2D eigenvalue weighted by atomic mass is 28.3. The van der Waals surface area contributed by atoms with Gasteiger partial charge >= 0.3 is 0 Å². The van der Waals surface area contributed by atoms with E-state index >= 15 is 0 Å². The molecule has 0 saturated carbocycles. The van der Waals surface area contributed by atoms with Gasteiger partial charge in [-0.1, -0.05) is 73.3 Å². The van der Waals surface area contributed by atoms with E-state index in [1.807, 2.05) is 0 Å². The molecule has 3 aromatic carbocycles. The third-order valence-electron chi connectivity index (χ3n) is 4.69. The van der Waals surface area contributed by atoms with E-state index in [0.29, 0.717) is 0 Å². The Kier molecular flexibility index (Phi) is 2.28. The molecular formula is C19H18Si. The number of rotatable bonds is 0. The number of fused-ring (bicyclic) bond motifs is 5. The van der Waals surface area contributed by atoms with E-state index < -0.39 is 8.07 Å². The van der Waals surface area contributed by atoms with Crippen LogP contribution in [0.15, 0.2) is 54.6 Å². The van der Waals surface area contributed by atoms with Gasteiger partial charge in [0.05, 0.1) is 0 Å². The summed E-state index contributed by atoms with van der Waals surface area (Å²) in [6.45, 7) is 7.18. The number of hydrogen-bond donors (Lipinski definition) is 0. The first-order chi connectivity index (χ1) is 9.59. The molecule has 0 nitrogen and oxygen atoms in total. The van der Waals surface area contributed by atoms with Crippen LogP contribution in [0.2, 0.25) is 13.1 Å². The standard InChI is InChI=1S/C19H18Si/c1-13-8-10-16-17-11-9-14-6-4-5-7-15(14)19(17)20(2,3)18(16)12-13/h4-12H,1-3H3. The molecule has 1 aliphatic rings. The van der Waals surface area contributed by atoms with Crippen molar-refractivity contribution in [3.05, 3.63) is 60.2 Å². The van der Waals surface area contributed by atoms with Gasteiger partial charge in [-0.15, -0.1) is 0 Å². The molecule has 1 aliphatic heterocycles. The second-order valence-electron chi connectivity index (χ2n) is 6.38. The molecule has 4 rings (SSSR count). The molecule has 0 aliphatic carbocycles. The summed E-state index contributed by atoms with van der Waals surface area (Å²) in [6, 6.07) is 20.4. The van der Waals surface area contributed by atoms with Crippen LogP contribution in [-0.4, -0.2) is 8.07 Å². The maximum Gasteiger partial charge on any atom is 0.114 e. The molecule has 0 unspecified atom stereocenters. The van der Waals surface area contributed by atoms with E-state index in [2.05, 4.69) is 74.6 Å². The van der Waals surface area contributed by atoms with Gasteiger partial charge in [0, 0.05) is 0 Å². The topological polar surface area (TPSA) is 0 Å². The molecule has 3 aromatic rings. The average molecular weight is 274 g/mol. The fourth-order valence-electron chi connectivity index (χ4n) is 3.71. The van der Waals surface area contributed by atoms with Gasteiger partial charge in [0.1, 0.15) is 8.07 Å². The Morgan fingerprint density at radius 2 is 1.55 bits per heavy atom. The zero-order valence-electron chi connectivity index (χ0n) is 12.2. The fraction of sp³-hybridized carbons (Fsp3) is 0.158. The van der Waals surface area contributed by atoms with Crippen LogP contribution in [0, 0.1) is 6.92 Å². The van der Waals surface area contributed by atoms with Gasteiger partial charge in [-0.25, -0.2) is 0 Å². The molecule has 1 heteroatoms. The Labute approximate surface area is 121 Å². The lowest BCUT2D eigenvalue weighted by molar-refractivity contribution is 1.49. The van der Waals surface area contributed by atoms with Crippen LogP contribution in [0.25, 0.3) is 21.9 Å². The first-order valence-electron chi connectivity index (χ1n) is 7.23. The molecular weight excluding hydrogens is 256 g/mol. The predicted molar refractivity (Wildman–Crippen MR) is 90.9 cm³/mol. The second-order valence-corrected chi connectivity index (χ2v) is 10.7. The van der Waals surface area contributed by atoms with Crippen LogP contribution in [0.3, 0.4) is 0 Å². The fourth-order valence-corrected chi connectivity index (χ4v) is 7.26. The Bertz CT molecular complexity index is 844. The highest BCUT2D eigenvalue weighted by Gasteiger charge is 2.38. The Balaban J connectivity index is 2.17. The highest BCUT2D eigenvalue weighted by Crippen LogP contribution is 2.32. The van der Waals surface area contributed by atoms with Crippen molar-refractivity contribution in [3.63, 3.8) is 0 Å². The Morgan fingerprint density at radius 1 is 0.800 bits per heavy atom. The summed E-state index contributed by atoms with van der Waals surface area (Å²) in [5.74, 6) is 0. The monoisotopic (exact) mass is 274 g/mol. The van der Waals surface area contributed by atoms with Crippen LogP contribution in [0.1, 0.15) is 5.56 Å². The number of benzene rings is 3. The van der Waals surface area contributed by atoms with Gasteiger partial charge in [0.15, 0.2) is 0 Å². The quantitative estimate of drug-likeness (QED) is 0.545. The molecule has 0 fully saturated rings. The van der Waals surface area contributed by atoms with Gasteiger partial charge in [-0.05, 0) is 39.2 Å². The average Bonchev–Trinajstić information content (AvgIpc) is 2.67. The minimum atomic E-state index is -1.58. The SMILES string of the molecule is Cc1ccc2c(c1)[Si](C)(C)c1c-2ccc2ccccc12. The summed E-state index contributed by atoms with van der Waals surface area (Å²) < 4.78 is 0. The van der Waals surface area contributed by atoms with E-state index in [1.54, 1.807) is 10.4 Å². The van der Waals surface area contributed by atoms with Crippen molar-refractivity contribution in [2.45, 2.75) is 20.0 Å².